The molecule has 0 saturated carbocycles. The Hall–Kier alpha value is -2.89. The summed E-state index contributed by atoms with van der Waals surface area (Å²) in [4.78, 5) is 23.9. The lowest BCUT2D eigenvalue weighted by atomic mass is 10.1. The summed E-state index contributed by atoms with van der Waals surface area (Å²) in [6.45, 7) is 1.49. The molecule has 0 aliphatic carbocycles. The van der Waals surface area contributed by atoms with Gasteiger partial charge in [0, 0.05) is 12.1 Å². The molecule has 0 aliphatic heterocycles. The number of halogens is 1. The molecule has 0 unspecified atom stereocenters. The summed E-state index contributed by atoms with van der Waals surface area (Å²) in [5, 5.41) is 2.65. The maximum Gasteiger partial charge on any atom is 0.306 e. The SMILES string of the molecule is COc1ccc(NC(=O)[C@H](C)OC(=O)CCc2ccccc2F)cc1. The van der Waals surface area contributed by atoms with Crippen LogP contribution in [0.25, 0.3) is 0 Å². The fraction of sp³-hybridized carbons (Fsp3) is 0.263. The molecule has 0 aromatic heterocycles. The van der Waals surface area contributed by atoms with Crippen LogP contribution in [0.1, 0.15) is 18.9 Å². The third kappa shape index (κ3) is 5.60. The number of rotatable bonds is 7. The van der Waals surface area contributed by atoms with Crippen LogP contribution in [0.5, 0.6) is 5.75 Å². The van der Waals surface area contributed by atoms with Crippen LogP contribution in [0, 0.1) is 5.82 Å². The molecule has 132 valence electrons. The molecule has 0 bridgehead atoms. The van der Waals surface area contributed by atoms with Gasteiger partial charge in [0.25, 0.3) is 5.91 Å². The zero-order valence-corrected chi connectivity index (χ0v) is 14.1. The fourth-order valence-corrected chi connectivity index (χ4v) is 2.17. The fourth-order valence-electron chi connectivity index (χ4n) is 2.17. The van der Waals surface area contributed by atoms with Crippen LogP contribution < -0.4 is 10.1 Å². The number of amides is 1. The van der Waals surface area contributed by atoms with E-state index in [4.69, 9.17) is 9.47 Å². The molecule has 0 spiro atoms. The van der Waals surface area contributed by atoms with Crippen molar-refractivity contribution >= 4 is 17.6 Å². The first-order valence-corrected chi connectivity index (χ1v) is 7.87. The lowest BCUT2D eigenvalue weighted by Crippen LogP contribution is -2.30. The summed E-state index contributed by atoms with van der Waals surface area (Å²) in [7, 11) is 1.55. The highest BCUT2D eigenvalue weighted by molar-refractivity contribution is 5.95. The van der Waals surface area contributed by atoms with Crippen molar-refractivity contribution in [3.05, 3.63) is 59.9 Å². The highest BCUT2D eigenvalue weighted by Gasteiger charge is 2.18. The average Bonchev–Trinajstić information content (AvgIpc) is 2.61. The summed E-state index contributed by atoms with van der Waals surface area (Å²) >= 11 is 0. The predicted molar refractivity (Wildman–Crippen MR) is 91.9 cm³/mol. The van der Waals surface area contributed by atoms with Gasteiger partial charge in [0.15, 0.2) is 6.10 Å². The van der Waals surface area contributed by atoms with Crippen LogP contribution in [0.15, 0.2) is 48.5 Å². The number of hydrogen-bond donors (Lipinski definition) is 1. The van der Waals surface area contributed by atoms with Gasteiger partial charge in [0.05, 0.1) is 7.11 Å². The quantitative estimate of drug-likeness (QED) is 0.782. The molecule has 0 aliphatic rings. The number of esters is 1. The summed E-state index contributed by atoms with van der Waals surface area (Å²) in [6.07, 6.45) is -0.727. The van der Waals surface area contributed by atoms with Crippen LogP contribution in [-0.2, 0) is 20.7 Å². The molecule has 1 N–H and O–H groups in total. The second-order valence-electron chi connectivity index (χ2n) is 5.44. The molecule has 0 heterocycles. The van der Waals surface area contributed by atoms with Gasteiger partial charge in [-0.05, 0) is 49.2 Å². The average molecular weight is 345 g/mol. The monoisotopic (exact) mass is 345 g/mol. The van der Waals surface area contributed by atoms with Crippen molar-refractivity contribution in [2.24, 2.45) is 0 Å². The predicted octanol–water partition coefficient (Wildman–Crippen LogP) is 3.34. The second-order valence-corrected chi connectivity index (χ2v) is 5.44. The molecule has 0 radical (unpaired) electrons. The summed E-state index contributed by atoms with van der Waals surface area (Å²) in [5.74, 6) is -0.684. The molecule has 1 amide bonds. The van der Waals surface area contributed by atoms with Gasteiger partial charge in [-0.1, -0.05) is 18.2 Å². The van der Waals surface area contributed by atoms with Crippen molar-refractivity contribution in [3.8, 4) is 5.75 Å². The minimum absolute atomic E-state index is 0.00108. The molecular formula is C19H20FNO4. The van der Waals surface area contributed by atoms with E-state index in [2.05, 4.69) is 5.32 Å². The highest BCUT2D eigenvalue weighted by atomic mass is 19.1. The molecule has 25 heavy (non-hydrogen) atoms. The summed E-state index contributed by atoms with van der Waals surface area (Å²) in [5.41, 5.74) is 1.01. The zero-order chi connectivity index (χ0) is 18.2. The second kappa shape index (κ2) is 8.82. The summed E-state index contributed by atoms with van der Waals surface area (Å²) in [6, 6.07) is 13.0. The van der Waals surface area contributed by atoms with Crippen molar-refractivity contribution in [1.82, 2.24) is 0 Å². The van der Waals surface area contributed by atoms with Gasteiger partial charge >= 0.3 is 5.97 Å². The van der Waals surface area contributed by atoms with E-state index in [1.165, 1.54) is 13.0 Å². The number of nitrogens with one attached hydrogen (secondary N) is 1. The number of aryl methyl sites for hydroxylation is 1. The van der Waals surface area contributed by atoms with Gasteiger partial charge in [-0.25, -0.2) is 4.39 Å². The Morgan fingerprint density at radius 1 is 1.12 bits per heavy atom. The zero-order valence-electron chi connectivity index (χ0n) is 14.1. The van der Waals surface area contributed by atoms with E-state index in [1.807, 2.05) is 0 Å². The van der Waals surface area contributed by atoms with E-state index in [0.29, 0.717) is 17.0 Å². The van der Waals surface area contributed by atoms with E-state index in [0.717, 1.165) is 0 Å². The molecule has 0 fully saturated rings. The number of carbonyl (C=O) groups excluding carboxylic acids is 2. The van der Waals surface area contributed by atoms with E-state index in [9.17, 15) is 14.0 Å². The first-order valence-electron chi connectivity index (χ1n) is 7.87. The number of carbonyl (C=O) groups is 2. The van der Waals surface area contributed by atoms with E-state index in [-0.39, 0.29) is 18.7 Å². The number of methoxy groups -OCH3 is 1. The molecular weight excluding hydrogens is 325 g/mol. The first kappa shape index (κ1) is 18.4. The summed E-state index contributed by atoms with van der Waals surface area (Å²) < 4.78 is 23.6. The smallest absolute Gasteiger partial charge is 0.306 e. The third-order valence-corrected chi connectivity index (χ3v) is 3.59. The van der Waals surface area contributed by atoms with Crippen LogP contribution in [-0.4, -0.2) is 25.1 Å². The molecule has 1 atom stereocenters. The lowest BCUT2D eigenvalue weighted by molar-refractivity contribution is -0.153. The van der Waals surface area contributed by atoms with Gasteiger partial charge in [-0.2, -0.15) is 0 Å². The topological polar surface area (TPSA) is 64.6 Å². The van der Waals surface area contributed by atoms with E-state index in [1.54, 1.807) is 49.6 Å². The van der Waals surface area contributed by atoms with E-state index < -0.39 is 18.0 Å². The van der Waals surface area contributed by atoms with Gasteiger partial charge in [-0.3, -0.25) is 9.59 Å². The molecule has 2 rings (SSSR count). The van der Waals surface area contributed by atoms with Crippen LogP contribution in [0.2, 0.25) is 0 Å². The maximum atomic E-state index is 13.5. The number of benzene rings is 2. The normalized spacial score (nSPS) is 11.5. The maximum absolute atomic E-state index is 13.5. The van der Waals surface area contributed by atoms with E-state index >= 15 is 0 Å². The lowest BCUT2D eigenvalue weighted by Gasteiger charge is -2.14. The number of anilines is 1. The Kier molecular flexibility index (Phi) is 6.51. The van der Waals surface area contributed by atoms with Crippen LogP contribution in [0.3, 0.4) is 0 Å². The highest BCUT2D eigenvalue weighted by Crippen LogP contribution is 2.15. The van der Waals surface area contributed by atoms with Gasteiger partial charge in [0.2, 0.25) is 0 Å². The third-order valence-electron chi connectivity index (χ3n) is 3.59. The minimum Gasteiger partial charge on any atom is -0.497 e. The Morgan fingerprint density at radius 3 is 2.44 bits per heavy atom. The van der Waals surface area contributed by atoms with Gasteiger partial charge in [-0.15, -0.1) is 0 Å². The molecule has 0 saturated heterocycles. The van der Waals surface area contributed by atoms with Gasteiger partial charge in [0.1, 0.15) is 11.6 Å². The molecule has 2 aromatic rings. The Labute approximate surface area is 145 Å². The number of ether oxygens (including phenoxy) is 2. The first-order chi connectivity index (χ1) is 12.0. The van der Waals surface area contributed by atoms with Crippen LogP contribution in [0.4, 0.5) is 10.1 Å². The van der Waals surface area contributed by atoms with Crippen molar-refractivity contribution in [1.29, 1.82) is 0 Å². The van der Waals surface area contributed by atoms with Crippen molar-refractivity contribution < 1.29 is 23.5 Å². The van der Waals surface area contributed by atoms with Crippen molar-refractivity contribution in [3.63, 3.8) is 0 Å². The van der Waals surface area contributed by atoms with Crippen molar-refractivity contribution in [2.75, 3.05) is 12.4 Å². The largest absolute Gasteiger partial charge is 0.497 e. The minimum atomic E-state index is -0.949. The van der Waals surface area contributed by atoms with Gasteiger partial charge < -0.3 is 14.8 Å². The Bertz CT molecular complexity index is 730. The Balaban J connectivity index is 1.81. The van der Waals surface area contributed by atoms with Crippen LogP contribution >= 0.6 is 0 Å². The Morgan fingerprint density at radius 2 is 1.80 bits per heavy atom. The molecule has 2 aromatic carbocycles. The number of hydrogen-bond acceptors (Lipinski definition) is 4. The molecule has 5 nitrogen and oxygen atoms in total. The van der Waals surface area contributed by atoms with Crippen molar-refractivity contribution in [2.45, 2.75) is 25.9 Å². The standard InChI is InChI=1S/C19H20FNO4/c1-13(19(23)21-15-8-10-16(24-2)11-9-15)25-18(22)12-7-14-5-3-4-6-17(14)20/h3-6,8-11,13H,7,12H2,1-2H3,(H,21,23)/t13-/m0/s1. The molecule has 6 heteroatoms.